The fourth-order valence-corrected chi connectivity index (χ4v) is 1.44. The van der Waals surface area contributed by atoms with Crippen LogP contribution < -0.4 is 5.73 Å². The minimum atomic E-state index is -0.647. The van der Waals surface area contributed by atoms with Gasteiger partial charge in [-0.05, 0) is 25.1 Å². The second-order valence-corrected chi connectivity index (χ2v) is 3.66. The summed E-state index contributed by atoms with van der Waals surface area (Å²) in [6, 6.07) is 3.50. The molecule has 6 heteroatoms. The Balaban J connectivity index is 2.39. The minimum Gasteiger partial charge on any atom is -0.321 e. The van der Waals surface area contributed by atoms with E-state index in [0.29, 0.717) is 0 Å². The van der Waals surface area contributed by atoms with Crippen molar-refractivity contribution in [3.05, 3.63) is 42.2 Å². The zero-order valence-corrected chi connectivity index (χ0v) is 9.17. The Morgan fingerprint density at radius 2 is 2.29 bits per heavy atom. The number of aromatic nitrogens is 3. The highest BCUT2D eigenvalue weighted by molar-refractivity contribution is 5.99. The topological polar surface area (TPSA) is 73.8 Å². The summed E-state index contributed by atoms with van der Waals surface area (Å²) in [7, 11) is 0. The molecular formula is C11H11FN4O. The molecule has 2 aromatic rings. The van der Waals surface area contributed by atoms with Crippen molar-refractivity contribution in [2.45, 2.75) is 13.0 Å². The molecule has 0 aliphatic heterocycles. The third-order valence-electron chi connectivity index (χ3n) is 2.31. The fourth-order valence-electron chi connectivity index (χ4n) is 1.44. The number of benzene rings is 1. The van der Waals surface area contributed by atoms with Crippen LogP contribution in [-0.2, 0) is 0 Å². The lowest BCUT2D eigenvalue weighted by Crippen LogP contribution is -2.26. The van der Waals surface area contributed by atoms with Crippen LogP contribution in [0.3, 0.4) is 0 Å². The summed E-state index contributed by atoms with van der Waals surface area (Å²) < 4.78 is 15.0. The highest BCUT2D eigenvalue weighted by Gasteiger charge is 2.14. The second-order valence-electron chi connectivity index (χ2n) is 3.66. The summed E-state index contributed by atoms with van der Waals surface area (Å²) in [4.78, 5) is 15.3. The van der Waals surface area contributed by atoms with Gasteiger partial charge in [-0.2, -0.15) is 5.10 Å². The normalized spacial score (nSPS) is 12.4. The minimum absolute atomic E-state index is 0.240. The van der Waals surface area contributed by atoms with Crippen LogP contribution in [0, 0.1) is 5.82 Å². The predicted molar refractivity (Wildman–Crippen MR) is 59.3 cm³/mol. The molecule has 0 bridgehead atoms. The van der Waals surface area contributed by atoms with Gasteiger partial charge < -0.3 is 5.73 Å². The number of hydrogen-bond acceptors (Lipinski definition) is 4. The smallest absolute Gasteiger partial charge is 0.179 e. The summed E-state index contributed by atoms with van der Waals surface area (Å²) in [6.07, 6.45) is 2.69. The predicted octanol–water partition coefficient (Wildman–Crippen LogP) is 0.936. The van der Waals surface area contributed by atoms with Gasteiger partial charge in [0.1, 0.15) is 24.2 Å². The molecule has 0 aliphatic carbocycles. The van der Waals surface area contributed by atoms with Crippen LogP contribution in [0.15, 0.2) is 30.9 Å². The first-order chi connectivity index (χ1) is 8.09. The molecule has 0 amide bonds. The number of hydrogen-bond donors (Lipinski definition) is 1. The van der Waals surface area contributed by atoms with Crippen LogP contribution in [0.2, 0.25) is 0 Å². The Morgan fingerprint density at radius 3 is 2.82 bits per heavy atom. The van der Waals surface area contributed by atoms with E-state index in [1.165, 1.54) is 29.5 Å². The molecule has 2 N–H and O–H groups in total. The van der Waals surface area contributed by atoms with Gasteiger partial charge in [-0.1, -0.05) is 0 Å². The maximum absolute atomic E-state index is 13.8. The number of carbonyl (C=O) groups excluding carboxylic acids is 1. The zero-order chi connectivity index (χ0) is 12.4. The van der Waals surface area contributed by atoms with E-state index in [9.17, 15) is 9.18 Å². The van der Waals surface area contributed by atoms with Gasteiger partial charge in [0.25, 0.3) is 0 Å². The van der Waals surface area contributed by atoms with Crippen LogP contribution >= 0.6 is 0 Å². The van der Waals surface area contributed by atoms with E-state index in [2.05, 4.69) is 10.1 Å². The lowest BCUT2D eigenvalue weighted by atomic mass is 10.1. The standard InChI is InChI=1S/C11H11FN4O/c1-7(13)11(17)8-2-3-10(9(12)4-8)16-6-14-5-15-16/h2-7H,13H2,1H3. The summed E-state index contributed by atoms with van der Waals surface area (Å²) in [5, 5.41) is 3.81. The van der Waals surface area contributed by atoms with Gasteiger partial charge in [0.05, 0.1) is 6.04 Å². The van der Waals surface area contributed by atoms with E-state index in [4.69, 9.17) is 5.73 Å². The molecule has 0 saturated heterocycles. The lowest BCUT2D eigenvalue weighted by molar-refractivity contribution is 0.0967. The number of rotatable bonds is 3. The second kappa shape index (κ2) is 4.42. The van der Waals surface area contributed by atoms with Gasteiger partial charge in [-0.25, -0.2) is 14.1 Å². The van der Waals surface area contributed by atoms with Gasteiger partial charge >= 0.3 is 0 Å². The van der Waals surface area contributed by atoms with Gasteiger partial charge in [0.15, 0.2) is 5.78 Å². The van der Waals surface area contributed by atoms with E-state index in [1.54, 1.807) is 6.92 Å². The van der Waals surface area contributed by atoms with Crippen LogP contribution in [0.4, 0.5) is 4.39 Å². The number of nitrogens with zero attached hydrogens (tertiary/aromatic N) is 3. The van der Waals surface area contributed by atoms with Crippen molar-refractivity contribution < 1.29 is 9.18 Å². The number of halogens is 1. The van der Waals surface area contributed by atoms with Crippen LogP contribution in [0.1, 0.15) is 17.3 Å². The van der Waals surface area contributed by atoms with Gasteiger partial charge in [0, 0.05) is 5.56 Å². The quantitative estimate of drug-likeness (QED) is 0.802. The Kier molecular flexibility index (Phi) is 2.97. The first-order valence-electron chi connectivity index (χ1n) is 5.04. The molecule has 0 aliphatic rings. The number of Topliss-reactive ketones (excluding diaryl/α,β-unsaturated/α-hetero) is 1. The van der Waals surface area contributed by atoms with Crippen molar-refractivity contribution in [2.75, 3.05) is 0 Å². The Bertz CT molecular complexity index is 536. The molecule has 0 fully saturated rings. The van der Waals surface area contributed by atoms with E-state index in [1.807, 2.05) is 0 Å². The number of carbonyl (C=O) groups is 1. The summed E-state index contributed by atoms with van der Waals surface area (Å²) in [6.45, 7) is 1.56. The van der Waals surface area contributed by atoms with Gasteiger partial charge in [0.2, 0.25) is 0 Å². The van der Waals surface area contributed by atoms with Gasteiger partial charge in [-0.3, -0.25) is 4.79 Å². The molecule has 2 rings (SSSR count). The van der Waals surface area contributed by atoms with E-state index >= 15 is 0 Å². The van der Waals surface area contributed by atoms with E-state index < -0.39 is 11.9 Å². The molecule has 0 spiro atoms. The summed E-state index contributed by atoms with van der Waals surface area (Å²) in [5.41, 5.74) is 5.94. The molecule has 1 unspecified atom stereocenters. The first-order valence-corrected chi connectivity index (χ1v) is 5.04. The van der Waals surface area contributed by atoms with Crippen LogP contribution in [0.25, 0.3) is 5.69 Å². The lowest BCUT2D eigenvalue weighted by Gasteiger charge is -2.07. The third kappa shape index (κ3) is 2.21. The van der Waals surface area contributed by atoms with Crippen molar-refractivity contribution in [1.82, 2.24) is 14.8 Å². The average Bonchev–Trinajstić information content (AvgIpc) is 2.81. The molecule has 1 atom stereocenters. The fraction of sp³-hybridized carbons (Fsp3) is 0.182. The Morgan fingerprint density at radius 1 is 1.53 bits per heavy atom. The van der Waals surface area contributed by atoms with Crippen molar-refractivity contribution in [3.63, 3.8) is 0 Å². The highest BCUT2D eigenvalue weighted by atomic mass is 19.1. The number of ketones is 1. The molecule has 88 valence electrons. The zero-order valence-electron chi connectivity index (χ0n) is 9.17. The molecule has 1 heterocycles. The van der Waals surface area contributed by atoms with Crippen molar-refractivity contribution >= 4 is 5.78 Å². The molecular weight excluding hydrogens is 223 g/mol. The molecule has 1 aromatic heterocycles. The van der Waals surface area contributed by atoms with Crippen molar-refractivity contribution in [2.24, 2.45) is 5.73 Å². The van der Waals surface area contributed by atoms with Crippen LogP contribution in [-0.4, -0.2) is 26.6 Å². The van der Waals surface area contributed by atoms with E-state index in [-0.39, 0.29) is 17.0 Å². The molecule has 5 nitrogen and oxygen atoms in total. The maximum atomic E-state index is 13.8. The van der Waals surface area contributed by atoms with E-state index in [0.717, 1.165) is 6.07 Å². The molecule has 1 aromatic carbocycles. The SMILES string of the molecule is CC(N)C(=O)c1ccc(-n2cncn2)c(F)c1. The van der Waals surface area contributed by atoms with Crippen LogP contribution in [0.5, 0.6) is 0 Å². The third-order valence-corrected chi connectivity index (χ3v) is 2.31. The van der Waals surface area contributed by atoms with Crippen molar-refractivity contribution in [1.29, 1.82) is 0 Å². The average molecular weight is 234 g/mol. The van der Waals surface area contributed by atoms with Crippen molar-refractivity contribution in [3.8, 4) is 5.69 Å². The first kappa shape index (κ1) is 11.4. The molecule has 17 heavy (non-hydrogen) atoms. The monoisotopic (exact) mass is 234 g/mol. The largest absolute Gasteiger partial charge is 0.321 e. The van der Waals surface area contributed by atoms with Gasteiger partial charge in [-0.15, -0.1) is 0 Å². The Hall–Kier alpha value is -2.08. The summed E-state index contributed by atoms with van der Waals surface area (Å²) >= 11 is 0. The molecule has 0 saturated carbocycles. The maximum Gasteiger partial charge on any atom is 0.179 e. The highest BCUT2D eigenvalue weighted by Crippen LogP contribution is 2.14. The Labute approximate surface area is 97.1 Å². The number of nitrogens with two attached hydrogens (primary N) is 1. The summed E-state index contributed by atoms with van der Waals surface area (Å²) in [5.74, 6) is -0.837. The molecule has 0 radical (unpaired) electrons.